The number of rotatable bonds is 12. The fourth-order valence-corrected chi connectivity index (χ4v) is 8.91. The Labute approximate surface area is 308 Å². The van der Waals surface area contributed by atoms with Crippen LogP contribution in [0.15, 0.2) is 48.5 Å². The van der Waals surface area contributed by atoms with Gasteiger partial charge in [-0.2, -0.15) is 5.06 Å². The largest absolute Gasteiger partial charge is 0.447 e. The minimum atomic E-state index is -0.912. The zero-order valence-electron chi connectivity index (χ0n) is 31.5. The van der Waals surface area contributed by atoms with Gasteiger partial charge in [0.05, 0.1) is 25.9 Å². The molecular formula is C40H57N5O7. The predicted molar refractivity (Wildman–Crippen MR) is 197 cm³/mol. The number of amides is 3. The molecule has 2 bridgehead atoms. The molecule has 2 saturated heterocycles. The Hall–Kier alpha value is -3.55. The number of carbonyl (C=O) groups is 3. The van der Waals surface area contributed by atoms with Crippen LogP contribution in [0, 0.1) is 29.1 Å². The third kappa shape index (κ3) is 8.31. The minimum absolute atomic E-state index is 0.0407. The Balaban J connectivity index is 1.17. The van der Waals surface area contributed by atoms with Crippen molar-refractivity contribution in [2.75, 3.05) is 60.1 Å². The Morgan fingerprint density at radius 3 is 2.44 bits per heavy atom. The van der Waals surface area contributed by atoms with Gasteiger partial charge >= 0.3 is 6.09 Å². The molecular weight excluding hydrogens is 662 g/mol. The number of alkyl carbamates (subject to hydrolysis) is 1. The molecule has 7 rings (SSSR count). The summed E-state index contributed by atoms with van der Waals surface area (Å²) >= 11 is 0. The summed E-state index contributed by atoms with van der Waals surface area (Å²) in [7, 11) is 3.46. The van der Waals surface area contributed by atoms with E-state index in [1.807, 2.05) is 48.5 Å². The van der Waals surface area contributed by atoms with Crippen LogP contribution in [0.4, 0.5) is 4.79 Å². The molecule has 2 aromatic carbocycles. The number of ether oxygens (including phenoxy) is 2. The molecule has 3 amide bonds. The number of aliphatic hydroxyl groups excluding tert-OH is 1. The smallest absolute Gasteiger partial charge is 0.407 e. The molecule has 0 spiro atoms. The Morgan fingerprint density at radius 2 is 1.79 bits per heavy atom. The molecule has 2 aromatic rings. The maximum absolute atomic E-state index is 14.3. The first-order valence-corrected chi connectivity index (χ1v) is 18.9. The fourth-order valence-electron chi connectivity index (χ4n) is 8.91. The molecule has 3 N–H and O–H groups in total. The van der Waals surface area contributed by atoms with Gasteiger partial charge in [-0.3, -0.25) is 19.3 Å². The topological polar surface area (TPSA) is 133 Å². The highest BCUT2D eigenvalue weighted by molar-refractivity contribution is 5.94. The molecule has 284 valence electrons. The van der Waals surface area contributed by atoms with Crippen molar-refractivity contribution >= 4 is 17.9 Å². The summed E-state index contributed by atoms with van der Waals surface area (Å²) in [6, 6.07) is 14.7. The number of fused-ring (bicyclic) bond motifs is 2. The average Bonchev–Trinajstić information content (AvgIpc) is 3.49. The molecule has 5 aliphatic rings. The van der Waals surface area contributed by atoms with E-state index >= 15 is 0 Å². The zero-order chi connectivity index (χ0) is 37.2. The maximum atomic E-state index is 14.3. The summed E-state index contributed by atoms with van der Waals surface area (Å²) in [6.07, 6.45) is -0.0773. The second-order valence-electron chi connectivity index (χ2n) is 16.0. The van der Waals surface area contributed by atoms with E-state index in [0.29, 0.717) is 49.6 Å². The lowest BCUT2D eigenvalue weighted by Gasteiger charge is -2.62. The van der Waals surface area contributed by atoms with Crippen molar-refractivity contribution in [1.82, 2.24) is 25.5 Å². The highest BCUT2D eigenvalue weighted by Gasteiger charge is 2.57. The van der Waals surface area contributed by atoms with Gasteiger partial charge in [-0.15, -0.1) is 0 Å². The van der Waals surface area contributed by atoms with Crippen LogP contribution < -0.4 is 10.6 Å². The molecule has 0 aromatic heterocycles. The van der Waals surface area contributed by atoms with Crippen molar-refractivity contribution in [2.45, 2.75) is 71.4 Å². The van der Waals surface area contributed by atoms with Gasteiger partial charge in [0.25, 0.3) is 5.91 Å². The van der Waals surface area contributed by atoms with Gasteiger partial charge in [-0.1, -0.05) is 51.1 Å². The number of carbonyl (C=O) groups excluding carboxylic acids is 3. The SMILES string of the molecule is CC1C(NC(=O)[C@@H]2[C@H]([C@H](C)O)C(COC(=O)NCCN3CCOCC3)ON2Cc2cccc(-c3ccc(C(=O)N(C)C)cc3)c2)C[C@H]2C[C@@H]1C2(C)C. The van der Waals surface area contributed by atoms with Crippen molar-refractivity contribution in [1.29, 1.82) is 0 Å². The Morgan fingerprint density at radius 1 is 1.06 bits per heavy atom. The van der Waals surface area contributed by atoms with E-state index in [0.717, 1.165) is 36.2 Å². The van der Waals surface area contributed by atoms with Gasteiger partial charge in [0.15, 0.2) is 0 Å². The molecule has 3 unspecified atom stereocenters. The monoisotopic (exact) mass is 719 g/mol. The van der Waals surface area contributed by atoms with Crippen molar-refractivity contribution in [2.24, 2.45) is 29.1 Å². The highest BCUT2D eigenvalue weighted by atomic mass is 16.7. The van der Waals surface area contributed by atoms with Crippen LogP contribution >= 0.6 is 0 Å². The lowest BCUT2D eigenvalue weighted by Crippen LogP contribution is -2.62. The molecule has 3 saturated carbocycles. The van der Waals surface area contributed by atoms with E-state index in [9.17, 15) is 19.5 Å². The summed E-state index contributed by atoms with van der Waals surface area (Å²) in [6.45, 7) is 12.9. The van der Waals surface area contributed by atoms with Gasteiger partial charge in [0.2, 0.25) is 5.91 Å². The molecule has 8 atom stereocenters. The van der Waals surface area contributed by atoms with E-state index in [1.54, 1.807) is 31.0 Å². The first kappa shape index (κ1) is 38.2. The Kier molecular flexibility index (Phi) is 11.9. The van der Waals surface area contributed by atoms with Gasteiger partial charge in [0.1, 0.15) is 18.8 Å². The second kappa shape index (κ2) is 16.2. The number of morpholine rings is 1. The van der Waals surface area contributed by atoms with Crippen LogP contribution in [0.1, 0.15) is 56.5 Å². The molecule has 5 fully saturated rings. The van der Waals surface area contributed by atoms with E-state index in [-0.39, 0.29) is 36.4 Å². The highest BCUT2D eigenvalue weighted by Crippen LogP contribution is 2.61. The normalized spacial score (nSPS) is 29.1. The first-order valence-electron chi connectivity index (χ1n) is 18.9. The van der Waals surface area contributed by atoms with Gasteiger partial charge in [0, 0.05) is 57.8 Å². The van der Waals surface area contributed by atoms with Crippen LogP contribution in [0.2, 0.25) is 0 Å². The number of hydrogen-bond acceptors (Lipinski definition) is 9. The summed E-state index contributed by atoms with van der Waals surface area (Å²) in [4.78, 5) is 49.8. The summed E-state index contributed by atoms with van der Waals surface area (Å²) in [5, 5.41) is 19.0. The van der Waals surface area contributed by atoms with E-state index in [4.69, 9.17) is 14.3 Å². The van der Waals surface area contributed by atoms with Crippen LogP contribution in [-0.4, -0.2) is 122 Å². The van der Waals surface area contributed by atoms with Crippen LogP contribution in [-0.2, 0) is 25.7 Å². The molecule has 0 radical (unpaired) electrons. The molecule has 52 heavy (non-hydrogen) atoms. The number of hydrogen-bond donors (Lipinski definition) is 3. The van der Waals surface area contributed by atoms with Gasteiger partial charge in [-0.05, 0) is 77.8 Å². The number of benzene rings is 2. The predicted octanol–water partition coefficient (Wildman–Crippen LogP) is 3.78. The number of hydroxylamine groups is 2. The number of aliphatic hydroxyl groups is 1. The van der Waals surface area contributed by atoms with Crippen molar-refractivity contribution in [3.05, 3.63) is 59.7 Å². The maximum Gasteiger partial charge on any atom is 0.407 e. The van der Waals surface area contributed by atoms with E-state index in [2.05, 4.69) is 36.3 Å². The zero-order valence-corrected chi connectivity index (χ0v) is 31.5. The summed E-state index contributed by atoms with van der Waals surface area (Å²) in [5.41, 5.74) is 3.71. The van der Waals surface area contributed by atoms with Crippen LogP contribution in [0.3, 0.4) is 0 Å². The molecule has 12 heteroatoms. The molecule has 12 nitrogen and oxygen atoms in total. The van der Waals surface area contributed by atoms with E-state index in [1.165, 1.54) is 6.42 Å². The Bertz CT molecular complexity index is 1560. The van der Waals surface area contributed by atoms with Crippen LogP contribution in [0.25, 0.3) is 11.1 Å². The van der Waals surface area contributed by atoms with Gasteiger partial charge in [-0.25, -0.2) is 4.79 Å². The number of nitrogens with zero attached hydrogens (tertiary/aromatic N) is 3. The third-order valence-corrected chi connectivity index (χ3v) is 12.2. The standard InChI is InChI=1S/C40H57N5O7/c1-25-32-21-31(40(32,3)4)22-33(25)42-37(47)36-35(26(2)46)34(24-51-39(49)41-14-15-44-16-18-50-19-17-44)52-45(36)23-27-8-7-9-30(20-27)28-10-12-29(13-11-28)38(48)43(5)6/h7-13,20,25-26,31-36,46H,14-19,21-24H2,1-6H3,(H,41,49)(H,42,47)/t25?,26-,31+,32-,33?,34?,35+,36-/m0/s1. The van der Waals surface area contributed by atoms with Crippen molar-refractivity contribution in [3.63, 3.8) is 0 Å². The van der Waals surface area contributed by atoms with E-state index < -0.39 is 30.3 Å². The molecule has 2 aliphatic heterocycles. The second-order valence-corrected chi connectivity index (χ2v) is 16.0. The van der Waals surface area contributed by atoms with Crippen LogP contribution in [0.5, 0.6) is 0 Å². The summed E-state index contributed by atoms with van der Waals surface area (Å²) in [5.74, 6) is 0.577. The lowest BCUT2D eigenvalue weighted by atomic mass is 9.45. The lowest BCUT2D eigenvalue weighted by molar-refractivity contribution is -0.183. The quantitative estimate of drug-likeness (QED) is 0.300. The number of nitrogens with one attached hydrogen (secondary N) is 2. The van der Waals surface area contributed by atoms with Gasteiger partial charge < -0.3 is 30.1 Å². The first-order chi connectivity index (χ1) is 24.8. The third-order valence-electron chi connectivity index (χ3n) is 12.2. The minimum Gasteiger partial charge on any atom is -0.447 e. The fraction of sp³-hybridized carbons (Fsp3) is 0.625. The average molecular weight is 720 g/mol. The summed E-state index contributed by atoms with van der Waals surface area (Å²) < 4.78 is 11.0. The molecule has 3 aliphatic carbocycles. The molecule has 2 heterocycles. The van der Waals surface area contributed by atoms with Crippen molar-refractivity contribution in [3.8, 4) is 11.1 Å². The van der Waals surface area contributed by atoms with Crippen molar-refractivity contribution < 1.29 is 33.8 Å².